The lowest BCUT2D eigenvalue weighted by Crippen LogP contribution is -2.52. The van der Waals surface area contributed by atoms with Crippen molar-refractivity contribution in [2.75, 3.05) is 13.6 Å². The Kier molecular flexibility index (Phi) is 6.44. The van der Waals surface area contributed by atoms with Gasteiger partial charge in [-0.2, -0.15) is 13.2 Å². The first-order chi connectivity index (χ1) is 13.2. The van der Waals surface area contributed by atoms with Crippen LogP contribution in [-0.2, 0) is 9.53 Å². The van der Waals surface area contributed by atoms with Gasteiger partial charge in [0.05, 0.1) is 6.04 Å². The average Bonchev–Trinajstić information content (AvgIpc) is 2.59. The Bertz CT molecular complexity index is 776. The highest BCUT2D eigenvalue weighted by Gasteiger charge is 2.45. The number of carbonyl (C=O) groups excluding carboxylic acids is 2. The molecule has 1 aliphatic rings. The Hall–Kier alpha value is -2.39. The summed E-state index contributed by atoms with van der Waals surface area (Å²) in [6.07, 6.45) is -6.02. The highest BCUT2D eigenvalue weighted by atomic mass is 19.4. The minimum atomic E-state index is -5.06. The molecule has 1 fully saturated rings. The van der Waals surface area contributed by atoms with Crippen molar-refractivity contribution in [3.05, 3.63) is 35.4 Å². The molecule has 1 unspecified atom stereocenters. The van der Waals surface area contributed by atoms with E-state index in [1.807, 2.05) is 0 Å². The van der Waals surface area contributed by atoms with Crippen LogP contribution in [0.2, 0.25) is 0 Å². The first kappa shape index (κ1) is 22.9. The summed E-state index contributed by atoms with van der Waals surface area (Å²) >= 11 is 0. The molecule has 5 nitrogen and oxygen atoms in total. The van der Waals surface area contributed by atoms with Crippen LogP contribution < -0.4 is 0 Å². The van der Waals surface area contributed by atoms with Gasteiger partial charge in [0.1, 0.15) is 17.2 Å². The Labute approximate surface area is 165 Å². The normalized spacial score (nSPS) is 20.4. The number of hydrogen-bond donors (Lipinski definition) is 0. The Morgan fingerprint density at radius 2 is 1.79 bits per heavy atom. The van der Waals surface area contributed by atoms with Crippen molar-refractivity contribution < 1.29 is 36.3 Å². The molecule has 0 aliphatic carbocycles. The van der Waals surface area contributed by atoms with Gasteiger partial charge in [0.25, 0.3) is 0 Å². The summed E-state index contributed by atoms with van der Waals surface area (Å²) in [4.78, 5) is 25.9. The van der Waals surface area contributed by atoms with Gasteiger partial charge in [0.2, 0.25) is 0 Å². The highest BCUT2D eigenvalue weighted by molar-refractivity contribution is 5.82. The van der Waals surface area contributed by atoms with E-state index < -0.39 is 47.5 Å². The second-order valence-corrected chi connectivity index (χ2v) is 7.95. The zero-order valence-corrected chi connectivity index (χ0v) is 16.5. The number of amides is 2. The van der Waals surface area contributed by atoms with E-state index in [9.17, 15) is 31.5 Å². The third-order valence-electron chi connectivity index (χ3n) is 4.63. The topological polar surface area (TPSA) is 49.9 Å². The van der Waals surface area contributed by atoms with Crippen LogP contribution in [0.5, 0.6) is 0 Å². The van der Waals surface area contributed by atoms with Crippen LogP contribution >= 0.6 is 0 Å². The lowest BCUT2D eigenvalue weighted by Gasteiger charge is -2.43. The first-order valence-corrected chi connectivity index (χ1v) is 8.99. The molecular formula is C19H23F5N2O3. The lowest BCUT2D eigenvalue weighted by molar-refractivity contribution is -0.187. The van der Waals surface area contributed by atoms with Gasteiger partial charge in [-0.1, -0.05) is 0 Å². The van der Waals surface area contributed by atoms with E-state index in [0.717, 1.165) is 30.1 Å². The van der Waals surface area contributed by atoms with Crippen molar-refractivity contribution in [1.29, 1.82) is 0 Å². The fourth-order valence-electron chi connectivity index (χ4n) is 3.27. The molecule has 0 bridgehead atoms. The van der Waals surface area contributed by atoms with E-state index >= 15 is 0 Å². The summed E-state index contributed by atoms with van der Waals surface area (Å²) < 4.78 is 71.8. The zero-order valence-electron chi connectivity index (χ0n) is 16.5. The Balaban J connectivity index is 2.37. The van der Waals surface area contributed by atoms with Crippen molar-refractivity contribution >= 4 is 12.0 Å². The molecule has 2 amide bonds. The number of rotatable bonds is 2. The third-order valence-corrected chi connectivity index (χ3v) is 4.63. The molecule has 1 heterocycles. The molecule has 0 saturated carbocycles. The minimum Gasteiger partial charge on any atom is -0.444 e. The maximum Gasteiger partial charge on any atom is 0.471 e. The smallest absolute Gasteiger partial charge is 0.444 e. The molecule has 1 aromatic carbocycles. The standard InChI is InChI=1S/C19H23F5N2O3/c1-18(2,3)29-17(28)26-8-7-12(25(4)16(27)19(22,23)24)10-15(26)13-9-11(20)5-6-14(13)21/h5-6,9,12,15H,7-8,10H2,1-4H3/t12?,15-/m0/s1. The van der Waals surface area contributed by atoms with Gasteiger partial charge in [-0.3, -0.25) is 4.79 Å². The van der Waals surface area contributed by atoms with Gasteiger partial charge in [0.15, 0.2) is 0 Å². The molecule has 0 radical (unpaired) electrons. The Morgan fingerprint density at radius 1 is 1.17 bits per heavy atom. The van der Waals surface area contributed by atoms with Crippen LogP contribution in [0, 0.1) is 11.6 Å². The summed E-state index contributed by atoms with van der Waals surface area (Å²) in [6, 6.07) is 0.659. The largest absolute Gasteiger partial charge is 0.471 e. The summed E-state index contributed by atoms with van der Waals surface area (Å²) in [5.41, 5.74) is -1.05. The predicted molar refractivity (Wildman–Crippen MR) is 93.9 cm³/mol. The number of halogens is 5. The number of hydrogen-bond acceptors (Lipinski definition) is 3. The molecule has 0 N–H and O–H groups in total. The summed E-state index contributed by atoms with van der Waals surface area (Å²) in [6.45, 7) is 4.80. The third kappa shape index (κ3) is 5.57. The highest BCUT2D eigenvalue weighted by Crippen LogP contribution is 2.36. The molecule has 1 aromatic rings. The van der Waals surface area contributed by atoms with Crippen LogP contribution in [-0.4, -0.2) is 53.2 Å². The summed E-state index contributed by atoms with van der Waals surface area (Å²) in [5.74, 6) is -3.60. The number of benzene rings is 1. The van der Waals surface area contributed by atoms with Gasteiger partial charge in [-0.25, -0.2) is 13.6 Å². The second-order valence-electron chi connectivity index (χ2n) is 7.95. The predicted octanol–water partition coefficient (Wildman–Crippen LogP) is 4.43. The number of piperidine rings is 1. The van der Waals surface area contributed by atoms with Crippen LogP contribution in [0.4, 0.5) is 26.7 Å². The van der Waals surface area contributed by atoms with Crippen molar-refractivity contribution in [1.82, 2.24) is 9.80 Å². The zero-order chi connectivity index (χ0) is 22.1. The Morgan fingerprint density at radius 3 is 2.34 bits per heavy atom. The van der Waals surface area contributed by atoms with E-state index in [4.69, 9.17) is 4.74 Å². The number of nitrogens with zero attached hydrogens (tertiary/aromatic N) is 2. The lowest BCUT2D eigenvalue weighted by atomic mass is 9.90. The fourth-order valence-corrected chi connectivity index (χ4v) is 3.27. The van der Waals surface area contributed by atoms with Gasteiger partial charge >= 0.3 is 18.2 Å². The quantitative estimate of drug-likeness (QED) is 0.663. The van der Waals surface area contributed by atoms with Crippen molar-refractivity contribution in [3.63, 3.8) is 0 Å². The van der Waals surface area contributed by atoms with Gasteiger partial charge < -0.3 is 14.5 Å². The van der Waals surface area contributed by atoms with Crippen LogP contribution in [0.3, 0.4) is 0 Å². The second kappa shape index (κ2) is 8.16. The molecule has 0 spiro atoms. The molecule has 10 heteroatoms. The monoisotopic (exact) mass is 422 g/mol. The van der Waals surface area contributed by atoms with Gasteiger partial charge in [0, 0.05) is 25.2 Å². The van der Waals surface area contributed by atoms with Crippen molar-refractivity contribution in [2.45, 2.75) is 57.5 Å². The number of ether oxygens (including phenoxy) is 1. The van der Waals surface area contributed by atoms with Crippen molar-refractivity contribution in [3.8, 4) is 0 Å². The first-order valence-electron chi connectivity index (χ1n) is 8.99. The van der Waals surface area contributed by atoms with Gasteiger partial charge in [-0.15, -0.1) is 0 Å². The summed E-state index contributed by atoms with van der Waals surface area (Å²) in [7, 11) is 1.00. The average molecular weight is 422 g/mol. The van der Waals surface area contributed by atoms with E-state index in [2.05, 4.69) is 0 Å². The van der Waals surface area contributed by atoms with Gasteiger partial charge in [-0.05, 0) is 51.8 Å². The SMILES string of the molecule is CN(C(=O)C(F)(F)F)C1CCN(C(=O)OC(C)(C)C)[C@H](c2cc(F)ccc2F)C1. The maximum atomic E-state index is 14.4. The molecular weight excluding hydrogens is 399 g/mol. The molecule has 1 saturated heterocycles. The van der Waals surface area contributed by atoms with E-state index in [-0.39, 0.29) is 24.9 Å². The van der Waals surface area contributed by atoms with Crippen LogP contribution in [0.25, 0.3) is 0 Å². The number of likely N-dealkylation sites (tertiary alicyclic amines) is 1. The van der Waals surface area contributed by atoms with Crippen molar-refractivity contribution in [2.24, 2.45) is 0 Å². The molecule has 0 aromatic heterocycles. The molecule has 29 heavy (non-hydrogen) atoms. The summed E-state index contributed by atoms with van der Waals surface area (Å²) in [5, 5.41) is 0. The van der Waals surface area contributed by atoms with Crippen LogP contribution in [0.15, 0.2) is 18.2 Å². The van der Waals surface area contributed by atoms with E-state index in [0.29, 0.717) is 4.90 Å². The maximum absolute atomic E-state index is 14.4. The number of alkyl halides is 3. The number of carbonyl (C=O) groups is 2. The van der Waals surface area contributed by atoms with E-state index in [1.165, 1.54) is 0 Å². The molecule has 2 atom stereocenters. The van der Waals surface area contributed by atoms with E-state index in [1.54, 1.807) is 20.8 Å². The molecule has 1 aliphatic heterocycles. The van der Waals surface area contributed by atoms with Crippen LogP contribution in [0.1, 0.15) is 45.2 Å². The molecule has 162 valence electrons. The fraction of sp³-hybridized carbons (Fsp3) is 0.579. The molecule has 2 rings (SSSR count). The minimum absolute atomic E-state index is 0.0327.